The first-order chi connectivity index (χ1) is 10.3. The third-order valence-electron chi connectivity index (χ3n) is 4.12. The molecule has 0 aliphatic carbocycles. The van der Waals surface area contributed by atoms with E-state index in [4.69, 9.17) is 0 Å². The van der Waals surface area contributed by atoms with E-state index in [9.17, 15) is 4.79 Å². The van der Waals surface area contributed by atoms with Crippen LogP contribution in [0, 0.1) is 0 Å². The van der Waals surface area contributed by atoms with E-state index < -0.39 is 0 Å². The van der Waals surface area contributed by atoms with Crippen LogP contribution in [0.25, 0.3) is 0 Å². The molecule has 0 aliphatic heterocycles. The summed E-state index contributed by atoms with van der Waals surface area (Å²) in [5, 5.41) is 0. The first-order valence-corrected chi connectivity index (χ1v) is 9.68. The van der Waals surface area contributed by atoms with Crippen molar-refractivity contribution in [3.05, 3.63) is 0 Å². The largest absolute Gasteiger partial charge is 0.628 e. The Hall–Kier alpha value is 0.00247. The van der Waals surface area contributed by atoms with Gasteiger partial charge in [-0.05, 0) is 6.42 Å². The number of carbonyl (C=O) groups excluding carboxylic acids is 1. The number of hydrogen-bond donors (Lipinski definition) is 0. The zero-order valence-corrected chi connectivity index (χ0v) is 15.4. The standard InChI is InChI=1S/C18H36O2.Al/c1-2-3-4-5-6-7-8-9-10-11-12-13-14-15-16-17-18(19)20;/h2-17H2,1H3,(H,19,20);/q;+1/p-1. The molecule has 122 valence electrons. The van der Waals surface area contributed by atoms with Gasteiger partial charge in [-0.2, -0.15) is 0 Å². The monoisotopic (exact) mass is 310 g/mol. The highest BCUT2D eigenvalue weighted by Gasteiger charge is 1.98. The molecule has 0 saturated carbocycles. The molecule has 0 fully saturated rings. The molecule has 2 radical (unpaired) electrons. The highest BCUT2D eigenvalue weighted by Crippen LogP contribution is 2.13. The third-order valence-corrected chi connectivity index (χ3v) is 4.38. The summed E-state index contributed by atoms with van der Waals surface area (Å²) in [7, 11) is 0. The average Bonchev–Trinajstić information content (AvgIpc) is 2.50. The fourth-order valence-corrected chi connectivity index (χ4v) is 2.82. The molecule has 0 unspecified atom stereocenters. The summed E-state index contributed by atoms with van der Waals surface area (Å²) < 4.78 is 4.55. The lowest BCUT2D eigenvalue weighted by Crippen LogP contribution is -2.00. The number of hydrogen-bond acceptors (Lipinski definition) is 2. The van der Waals surface area contributed by atoms with Gasteiger partial charge in [0.05, 0.1) is 0 Å². The number of rotatable bonds is 16. The molecule has 0 atom stereocenters. The lowest BCUT2D eigenvalue weighted by Gasteiger charge is -2.03. The summed E-state index contributed by atoms with van der Waals surface area (Å²) in [5.74, 6) is -0.102. The highest BCUT2D eigenvalue weighted by atomic mass is 27.1. The van der Waals surface area contributed by atoms with Gasteiger partial charge in [0.2, 0.25) is 0 Å². The number of unbranched alkanes of at least 4 members (excludes halogenated alkanes) is 14. The van der Waals surface area contributed by atoms with Crippen LogP contribution in [0.15, 0.2) is 0 Å². The van der Waals surface area contributed by atoms with Crippen LogP contribution in [0.1, 0.15) is 110 Å². The summed E-state index contributed by atoms with van der Waals surface area (Å²) >= 11 is 2.02. The Morgan fingerprint density at radius 3 is 1.33 bits per heavy atom. The summed E-state index contributed by atoms with van der Waals surface area (Å²) in [6.07, 6.45) is 20.9. The van der Waals surface area contributed by atoms with Crippen molar-refractivity contribution in [2.24, 2.45) is 0 Å². The van der Waals surface area contributed by atoms with E-state index in [0.29, 0.717) is 6.42 Å². The smallest absolute Gasteiger partial charge is 0.484 e. The Morgan fingerprint density at radius 2 is 1.00 bits per heavy atom. The SMILES string of the molecule is CCCCCCCCCCCCCCCCCC(=O)[O][Al]. The van der Waals surface area contributed by atoms with Crippen molar-refractivity contribution in [3.63, 3.8) is 0 Å². The summed E-state index contributed by atoms with van der Waals surface area (Å²) in [4.78, 5) is 10.9. The van der Waals surface area contributed by atoms with Gasteiger partial charge < -0.3 is 3.79 Å². The minimum atomic E-state index is -0.102. The molecule has 0 N–H and O–H groups in total. The maximum atomic E-state index is 10.9. The molecule has 0 rings (SSSR count). The van der Waals surface area contributed by atoms with Crippen LogP contribution in [-0.4, -0.2) is 22.6 Å². The second-order valence-corrected chi connectivity index (χ2v) is 6.43. The molecule has 0 aliphatic rings. The van der Waals surface area contributed by atoms with Crippen molar-refractivity contribution in [3.8, 4) is 0 Å². The average molecular weight is 310 g/mol. The zero-order valence-electron chi connectivity index (χ0n) is 14.2. The van der Waals surface area contributed by atoms with E-state index in [1.54, 1.807) is 0 Å². The van der Waals surface area contributed by atoms with Crippen molar-refractivity contribution in [1.29, 1.82) is 0 Å². The topological polar surface area (TPSA) is 26.3 Å². The van der Waals surface area contributed by atoms with Gasteiger partial charge in [-0.15, -0.1) is 0 Å². The van der Waals surface area contributed by atoms with Gasteiger partial charge in [-0.3, -0.25) is 4.79 Å². The Kier molecular flexibility index (Phi) is 18.1. The predicted octanol–water partition coefficient (Wildman–Crippen LogP) is 5.87. The van der Waals surface area contributed by atoms with E-state index in [-0.39, 0.29) is 5.97 Å². The van der Waals surface area contributed by atoms with Crippen molar-refractivity contribution in [2.45, 2.75) is 110 Å². The summed E-state index contributed by atoms with van der Waals surface area (Å²) in [6, 6.07) is 0. The first kappa shape index (κ1) is 21.0. The van der Waals surface area contributed by atoms with Gasteiger partial charge in [0.15, 0.2) is 0 Å². The van der Waals surface area contributed by atoms with E-state index in [0.717, 1.165) is 12.8 Å². The van der Waals surface area contributed by atoms with Gasteiger partial charge in [0.25, 0.3) is 5.97 Å². The molecule has 0 bridgehead atoms. The van der Waals surface area contributed by atoms with Crippen molar-refractivity contribution in [1.82, 2.24) is 0 Å². The van der Waals surface area contributed by atoms with Crippen LogP contribution in [0.2, 0.25) is 0 Å². The fraction of sp³-hybridized carbons (Fsp3) is 0.944. The van der Waals surface area contributed by atoms with Crippen molar-refractivity contribution >= 4 is 22.6 Å². The molecular weight excluding hydrogens is 275 g/mol. The molecule has 0 aromatic rings. The van der Waals surface area contributed by atoms with Crippen LogP contribution in [-0.2, 0) is 8.58 Å². The normalized spacial score (nSPS) is 10.7. The first-order valence-electron chi connectivity index (χ1n) is 9.20. The Morgan fingerprint density at radius 1 is 0.667 bits per heavy atom. The Bertz CT molecular complexity index is 219. The zero-order chi connectivity index (χ0) is 15.6. The molecule has 2 nitrogen and oxygen atoms in total. The molecular formula is C18H35AlO2. The molecule has 3 heteroatoms. The van der Waals surface area contributed by atoms with Gasteiger partial charge in [0, 0.05) is 6.42 Å². The van der Waals surface area contributed by atoms with E-state index in [1.165, 1.54) is 83.5 Å². The van der Waals surface area contributed by atoms with Crippen molar-refractivity contribution in [2.75, 3.05) is 0 Å². The molecule has 0 heterocycles. The van der Waals surface area contributed by atoms with E-state index >= 15 is 0 Å². The molecule has 0 aromatic heterocycles. The van der Waals surface area contributed by atoms with Gasteiger partial charge in [0.1, 0.15) is 0 Å². The second-order valence-electron chi connectivity index (χ2n) is 6.19. The van der Waals surface area contributed by atoms with E-state index in [2.05, 4.69) is 10.7 Å². The van der Waals surface area contributed by atoms with Gasteiger partial charge in [-0.25, -0.2) is 0 Å². The Labute approximate surface area is 141 Å². The highest BCUT2D eigenvalue weighted by molar-refractivity contribution is 6.05. The maximum Gasteiger partial charge on any atom is 0.484 e. The van der Waals surface area contributed by atoms with Gasteiger partial charge in [-0.1, -0.05) is 96.8 Å². The lowest BCUT2D eigenvalue weighted by molar-refractivity contribution is -0.134. The van der Waals surface area contributed by atoms with Crippen LogP contribution in [0.5, 0.6) is 0 Å². The fourth-order valence-electron chi connectivity index (χ4n) is 2.70. The number of carbonyl (C=O) groups is 1. The predicted molar refractivity (Wildman–Crippen MR) is 91.4 cm³/mol. The molecule has 0 amide bonds. The minimum Gasteiger partial charge on any atom is -0.628 e. The Balaban J connectivity index is 2.98. The van der Waals surface area contributed by atoms with Crippen molar-refractivity contribution < 1.29 is 8.58 Å². The van der Waals surface area contributed by atoms with E-state index in [1.807, 2.05) is 16.6 Å². The quantitative estimate of drug-likeness (QED) is 0.263. The van der Waals surface area contributed by atoms with Crippen LogP contribution in [0.4, 0.5) is 0 Å². The van der Waals surface area contributed by atoms with Crippen LogP contribution >= 0.6 is 0 Å². The summed E-state index contributed by atoms with van der Waals surface area (Å²) in [5.41, 5.74) is 0. The minimum absolute atomic E-state index is 0.102. The molecule has 0 aromatic carbocycles. The molecule has 0 spiro atoms. The summed E-state index contributed by atoms with van der Waals surface area (Å²) in [6.45, 7) is 2.28. The van der Waals surface area contributed by atoms with Gasteiger partial charge >= 0.3 is 16.6 Å². The second kappa shape index (κ2) is 18.1. The maximum absolute atomic E-state index is 10.9. The lowest BCUT2D eigenvalue weighted by atomic mass is 10.0. The third kappa shape index (κ3) is 18.0. The molecule has 21 heavy (non-hydrogen) atoms. The van der Waals surface area contributed by atoms with Crippen LogP contribution in [0.3, 0.4) is 0 Å². The van der Waals surface area contributed by atoms with Crippen LogP contribution < -0.4 is 0 Å². The molecule has 0 saturated heterocycles.